The molecule has 34 heavy (non-hydrogen) atoms. The number of nitriles is 2. The van der Waals surface area contributed by atoms with Gasteiger partial charge in [0.15, 0.2) is 11.2 Å². The summed E-state index contributed by atoms with van der Waals surface area (Å²) in [4.78, 5) is 15.9. The number of carbonyl (C=O) groups is 1. The Morgan fingerprint density at radius 2 is 1.68 bits per heavy atom. The second kappa shape index (κ2) is 8.17. The maximum atomic E-state index is 14.0. The number of carbonyl (C=O) groups excluding carboxylic acids is 1. The summed E-state index contributed by atoms with van der Waals surface area (Å²) in [6.07, 6.45) is 3.74. The van der Waals surface area contributed by atoms with Gasteiger partial charge in [-0.1, -0.05) is 42.5 Å². The second-order valence-electron chi connectivity index (χ2n) is 8.43. The van der Waals surface area contributed by atoms with Crippen LogP contribution in [-0.4, -0.2) is 25.0 Å². The van der Waals surface area contributed by atoms with Crippen LogP contribution < -0.4 is 9.64 Å². The van der Waals surface area contributed by atoms with Gasteiger partial charge in [0, 0.05) is 17.2 Å². The van der Waals surface area contributed by atoms with E-state index in [0.29, 0.717) is 16.9 Å². The van der Waals surface area contributed by atoms with E-state index in [1.165, 1.54) is 24.3 Å². The minimum Gasteiger partial charge on any atom is -0.497 e. The normalized spacial score (nSPS) is 21.6. The molecule has 2 heterocycles. The van der Waals surface area contributed by atoms with E-state index in [4.69, 9.17) is 4.74 Å². The highest BCUT2D eigenvalue weighted by atomic mass is 19.1. The van der Waals surface area contributed by atoms with E-state index in [0.717, 1.165) is 11.3 Å². The zero-order valence-electron chi connectivity index (χ0n) is 18.4. The minimum atomic E-state index is -1.53. The topological polar surface area (TPSA) is 77.1 Å². The molecule has 6 heteroatoms. The summed E-state index contributed by atoms with van der Waals surface area (Å²) in [5.41, 5.74) is 1.16. The van der Waals surface area contributed by atoms with Crippen LogP contribution in [-0.2, 0) is 0 Å². The van der Waals surface area contributed by atoms with Crippen molar-refractivity contribution < 1.29 is 13.9 Å². The molecule has 0 N–H and O–H groups in total. The van der Waals surface area contributed by atoms with Crippen LogP contribution in [0.25, 0.3) is 6.08 Å². The van der Waals surface area contributed by atoms with Crippen molar-refractivity contribution in [2.75, 3.05) is 12.0 Å². The second-order valence-corrected chi connectivity index (χ2v) is 8.43. The molecule has 2 aliphatic heterocycles. The van der Waals surface area contributed by atoms with Crippen LogP contribution in [0, 0.1) is 33.9 Å². The quantitative estimate of drug-likeness (QED) is 0.517. The highest BCUT2D eigenvalue weighted by Crippen LogP contribution is 2.55. The number of para-hydroxylation sites is 1. The number of halogens is 1. The van der Waals surface area contributed by atoms with Crippen LogP contribution in [0.15, 0.2) is 78.9 Å². The Morgan fingerprint density at radius 3 is 2.32 bits per heavy atom. The first-order chi connectivity index (χ1) is 16.5. The van der Waals surface area contributed by atoms with E-state index in [9.17, 15) is 19.7 Å². The first-order valence-electron chi connectivity index (χ1n) is 10.9. The third-order valence-electron chi connectivity index (χ3n) is 6.79. The van der Waals surface area contributed by atoms with Crippen molar-refractivity contribution in [2.24, 2.45) is 5.41 Å². The molecule has 3 aromatic carbocycles. The Hall–Kier alpha value is -4.42. The molecule has 0 radical (unpaired) electrons. The minimum absolute atomic E-state index is 0.275. The molecule has 166 valence electrons. The molecule has 1 fully saturated rings. The molecule has 5 nitrogen and oxygen atoms in total. The fourth-order valence-corrected chi connectivity index (χ4v) is 5.20. The van der Waals surface area contributed by atoms with Gasteiger partial charge in [-0.2, -0.15) is 10.5 Å². The van der Waals surface area contributed by atoms with Gasteiger partial charge in [0.1, 0.15) is 17.6 Å². The molecule has 1 saturated heterocycles. The zero-order valence-corrected chi connectivity index (χ0v) is 18.4. The summed E-state index contributed by atoms with van der Waals surface area (Å²) in [6, 6.07) is 23.2. The van der Waals surface area contributed by atoms with E-state index in [1.54, 1.807) is 31.4 Å². The summed E-state index contributed by atoms with van der Waals surface area (Å²) < 4.78 is 18.9. The first kappa shape index (κ1) is 21.4. The van der Waals surface area contributed by atoms with Gasteiger partial charge in [0.2, 0.25) is 0 Å². The van der Waals surface area contributed by atoms with E-state index < -0.39 is 29.2 Å². The molecular formula is C28H20FN3O2. The van der Waals surface area contributed by atoms with Crippen LogP contribution >= 0.6 is 0 Å². The summed E-state index contributed by atoms with van der Waals surface area (Å²) in [7, 11) is 1.56. The largest absolute Gasteiger partial charge is 0.497 e. The predicted molar refractivity (Wildman–Crippen MR) is 126 cm³/mol. The molecule has 0 unspecified atom stereocenters. The van der Waals surface area contributed by atoms with Gasteiger partial charge in [-0.3, -0.25) is 4.79 Å². The van der Waals surface area contributed by atoms with Gasteiger partial charge in [0.05, 0.1) is 25.3 Å². The van der Waals surface area contributed by atoms with E-state index >= 15 is 0 Å². The van der Waals surface area contributed by atoms with Gasteiger partial charge >= 0.3 is 0 Å². The van der Waals surface area contributed by atoms with Gasteiger partial charge in [-0.25, -0.2) is 4.39 Å². The van der Waals surface area contributed by atoms with Crippen molar-refractivity contribution in [3.8, 4) is 17.9 Å². The average Bonchev–Trinajstić information content (AvgIpc) is 3.19. The van der Waals surface area contributed by atoms with E-state index in [1.807, 2.05) is 41.3 Å². The highest BCUT2D eigenvalue weighted by molar-refractivity contribution is 6.04. The maximum Gasteiger partial charge on any atom is 0.185 e. The van der Waals surface area contributed by atoms with Crippen LogP contribution in [0.1, 0.15) is 27.4 Å². The van der Waals surface area contributed by atoms with Crippen molar-refractivity contribution in [1.29, 1.82) is 10.5 Å². The smallest absolute Gasteiger partial charge is 0.185 e. The summed E-state index contributed by atoms with van der Waals surface area (Å²) in [5, 5.41) is 20.8. The molecule has 3 atom stereocenters. The van der Waals surface area contributed by atoms with Gasteiger partial charge in [-0.15, -0.1) is 0 Å². The van der Waals surface area contributed by atoms with Gasteiger partial charge in [-0.05, 0) is 53.6 Å². The molecule has 2 aliphatic rings. The SMILES string of the molecule is COc1ccc([C@@H]2[C@@H](C(=O)c3ccc(F)cc3)N3c4ccccc4C=C[C@@H]3C2(C#N)C#N)cc1. The Balaban J connectivity index is 1.76. The monoisotopic (exact) mass is 449 g/mol. The number of anilines is 1. The average molecular weight is 449 g/mol. The number of hydrogen-bond acceptors (Lipinski definition) is 5. The van der Waals surface area contributed by atoms with Crippen LogP contribution in [0.5, 0.6) is 5.75 Å². The highest BCUT2D eigenvalue weighted by Gasteiger charge is 2.63. The Morgan fingerprint density at radius 1 is 1.00 bits per heavy atom. The summed E-state index contributed by atoms with van der Waals surface area (Å²) in [5.74, 6) is -0.845. The lowest BCUT2D eigenvalue weighted by atomic mass is 9.69. The van der Waals surface area contributed by atoms with Crippen molar-refractivity contribution in [2.45, 2.75) is 18.0 Å². The molecule has 5 rings (SSSR count). The van der Waals surface area contributed by atoms with Crippen LogP contribution in [0.2, 0.25) is 0 Å². The third-order valence-corrected chi connectivity index (χ3v) is 6.79. The standard InChI is InChI=1S/C28H20FN3O2/c1-34-22-13-8-19(9-14-22)25-26(27(33)20-6-11-21(29)12-7-20)32-23-5-3-2-4-18(23)10-15-24(32)28(25,16-30)17-31/h2-15,24-26H,1H3/t24-,25-,26+/m1/s1. The third kappa shape index (κ3) is 3.08. The number of methoxy groups -OCH3 is 1. The van der Waals surface area contributed by atoms with Gasteiger partial charge in [0.25, 0.3) is 0 Å². The molecule has 3 aromatic rings. The maximum absolute atomic E-state index is 14.0. The number of fused-ring (bicyclic) bond motifs is 3. The zero-order chi connectivity index (χ0) is 23.9. The van der Waals surface area contributed by atoms with Crippen molar-refractivity contribution in [3.63, 3.8) is 0 Å². The van der Waals surface area contributed by atoms with Crippen molar-refractivity contribution >= 4 is 17.5 Å². The predicted octanol–water partition coefficient (Wildman–Crippen LogP) is 5.12. The number of rotatable bonds is 4. The molecule has 0 saturated carbocycles. The number of Topliss-reactive ketones (excluding diaryl/α,β-unsaturated/α-hetero) is 1. The van der Waals surface area contributed by atoms with Crippen LogP contribution in [0.4, 0.5) is 10.1 Å². The van der Waals surface area contributed by atoms with Crippen LogP contribution in [0.3, 0.4) is 0 Å². The number of ketones is 1. The summed E-state index contributed by atoms with van der Waals surface area (Å²) in [6.45, 7) is 0. The fraction of sp³-hybridized carbons (Fsp3) is 0.179. The number of nitrogens with zero attached hydrogens (tertiary/aromatic N) is 3. The lowest BCUT2D eigenvalue weighted by molar-refractivity contribution is 0.0951. The Labute approximate surface area is 196 Å². The Kier molecular flexibility index (Phi) is 5.15. The molecular weight excluding hydrogens is 429 g/mol. The van der Waals surface area contributed by atoms with E-state index in [2.05, 4.69) is 12.1 Å². The first-order valence-corrected chi connectivity index (χ1v) is 10.9. The number of hydrogen-bond donors (Lipinski definition) is 0. The summed E-state index contributed by atoms with van der Waals surface area (Å²) >= 11 is 0. The molecule has 0 amide bonds. The van der Waals surface area contributed by atoms with Crippen molar-refractivity contribution in [3.05, 3.63) is 101 Å². The van der Waals surface area contributed by atoms with Crippen molar-refractivity contribution in [1.82, 2.24) is 0 Å². The van der Waals surface area contributed by atoms with Gasteiger partial charge < -0.3 is 9.64 Å². The molecule has 0 spiro atoms. The lowest BCUT2D eigenvalue weighted by Gasteiger charge is -2.35. The lowest BCUT2D eigenvalue weighted by Crippen LogP contribution is -2.44. The molecule has 0 bridgehead atoms. The van der Waals surface area contributed by atoms with E-state index in [-0.39, 0.29) is 5.78 Å². The molecule has 0 aliphatic carbocycles. The molecule has 0 aromatic heterocycles. The number of benzene rings is 3. The Bertz CT molecular complexity index is 1350. The fourth-order valence-electron chi connectivity index (χ4n) is 5.20. The number of ether oxygens (including phenoxy) is 1.